The van der Waals surface area contributed by atoms with E-state index in [1.165, 1.54) is 65.0 Å². The molecule has 0 aliphatic heterocycles. The van der Waals surface area contributed by atoms with Crippen LogP contribution < -0.4 is 0 Å². The Hall–Kier alpha value is -6.78. The maximum absolute atomic E-state index is 5.41. The van der Waals surface area contributed by atoms with E-state index in [-0.39, 0.29) is 0 Å². The van der Waals surface area contributed by atoms with Gasteiger partial charge in [-0.1, -0.05) is 109 Å². The zero-order chi connectivity index (χ0) is 32.5. The molecule has 12 rings (SSSR count). The number of rotatable bonds is 2. The maximum atomic E-state index is 5.41. The van der Waals surface area contributed by atoms with Gasteiger partial charge in [0.2, 0.25) is 5.95 Å². The number of fused-ring (bicyclic) bond motifs is 10. The highest BCUT2D eigenvalue weighted by atomic mass is 15.2. The molecule has 0 radical (unpaired) electrons. The minimum absolute atomic E-state index is 0.831. The van der Waals surface area contributed by atoms with E-state index in [9.17, 15) is 0 Å². The summed E-state index contributed by atoms with van der Waals surface area (Å²) in [7, 11) is 0. The van der Waals surface area contributed by atoms with E-state index in [0.717, 1.165) is 44.6 Å². The summed E-state index contributed by atoms with van der Waals surface area (Å²) in [4.78, 5) is 10.6. The number of imidazole rings is 1. The second kappa shape index (κ2) is 9.43. The van der Waals surface area contributed by atoms with Crippen molar-refractivity contribution in [3.8, 4) is 17.1 Å². The van der Waals surface area contributed by atoms with E-state index in [0.29, 0.717) is 0 Å². The van der Waals surface area contributed by atoms with Gasteiger partial charge in [-0.3, -0.25) is 8.97 Å². The van der Waals surface area contributed by atoms with Crippen LogP contribution in [0.2, 0.25) is 0 Å². The van der Waals surface area contributed by atoms with E-state index in [1.54, 1.807) is 0 Å². The summed E-state index contributed by atoms with van der Waals surface area (Å²) in [6.45, 7) is 0. The van der Waals surface area contributed by atoms with Gasteiger partial charge in [0, 0.05) is 16.2 Å². The van der Waals surface area contributed by atoms with Crippen LogP contribution in [0.4, 0.5) is 0 Å². The molecular weight excluding hydrogens is 609 g/mol. The van der Waals surface area contributed by atoms with Gasteiger partial charge in [0.05, 0.1) is 27.6 Å². The molecule has 0 amide bonds. The summed E-state index contributed by atoms with van der Waals surface area (Å²) >= 11 is 0. The normalized spacial score (nSPS) is 12.4. The molecule has 0 bridgehead atoms. The SMILES string of the molecule is c1ccc2c(c1)ccc1c2c2cc(-c3cc4cccc5ccc6cccc3c6c54)ccc2n1-c1nc2ccccc2c2nc3ccccc3n12. The minimum Gasteiger partial charge on any atom is -0.279 e. The molecule has 0 unspecified atom stereocenters. The Morgan fingerprint density at radius 3 is 1.98 bits per heavy atom. The average molecular weight is 635 g/mol. The average Bonchev–Trinajstić information content (AvgIpc) is 3.73. The second-order valence-corrected chi connectivity index (χ2v) is 13.4. The maximum Gasteiger partial charge on any atom is 0.221 e. The Labute approximate surface area is 285 Å². The highest BCUT2D eigenvalue weighted by Crippen LogP contribution is 2.43. The highest BCUT2D eigenvalue weighted by molar-refractivity contribution is 6.27. The minimum atomic E-state index is 0.831. The molecule has 230 valence electrons. The van der Waals surface area contributed by atoms with Crippen molar-refractivity contribution in [1.29, 1.82) is 0 Å². The first kappa shape index (κ1) is 26.2. The van der Waals surface area contributed by atoms with Gasteiger partial charge in [0.15, 0.2) is 0 Å². The molecule has 4 heteroatoms. The fraction of sp³-hybridized carbons (Fsp3) is 0. The van der Waals surface area contributed by atoms with Crippen molar-refractivity contribution in [2.45, 2.75) is 0 Å². The van der Waals surface area contributed by atoms with Crippen LogP contribution in [0, 0.1) is 0 Å². The van der Waals surface area contributed by atoms with Crippen molar-refractivity contribution in [2.24, 2.45) is 0 Å². The third-order valence-electron chi connectivity index (χ3n) is 10.8. The lowest BCUT2D eigenvalue weighted by atomic mass is 9.88. The Kier molecular flexibility index (Phi) is 4.94. The van der Waals surface area contributed by atoms with E-state index >= 15 is 0 Å². The van der Waals surface area contributed by atoms with Gasteiger partial charge < -0.3 is 0 Å². The predicted octanol–water partition coefficient (Wildman–Crippen LogP) is 11.9. The fourth-order valence-electron chi connectivity index (χ4n) is 8.65. The molecular formula is C46H26N4. The van der Waals surface area contributed by atoms with Crippen molar-refractivity contribution in [2.75, 3.05) is 0 Å². The predicted molar refractivity (Wildman–Crippen MR) is 209 cm³/mol. The lowest BCUT2D eigenvalue weighted by Gasteiger charge is -2.15. The molecule has 0 saturated heterocycles. The summed E-state index contributed by atoms with van der Waals surface area (Å²) < 4.78 is 4.59. The summed E-state index contributed by atoms with van der Waals surface area (Å²) in [5.41, 5.74) is 8.50. The molecule has 0 fully saturated rings. The molecule has 9 aromatic carbocycles. The summed E-state index contributed by atoms with van der Waals surface area (Å²) in [6.07, 6.45) is 0. The Morgan fingerprint density at radius 2 is 1.06 bits per heavy atom. The van der Waals surface area contributed by atoms with E-state index in [4.69, 9.17) is 9.97 Å². The molecule has 0 atom stereocenters. The summed E-state index contributed by atoms with van der Waals surface area (Å²) in [5.74, 6) is 0.831. The molecule has 4 nitrogen and oxygen atoms in total. The number of nitrogens with zero attached hydrogens (tertiary/aromatic N) is 4. The quantitative estimate of drug-likeness (QED) is 0.177. The Morgan fingerprint density at radius 1 is 0.380 bits per heavy atom. The number of benzene rings is 9. The van der Waals surface area contributed by atoms with Crippen LogP contribution in [-0.2, 0) is 0 Å². The molecule has 0 aliphatic carbocycles. The van der Waals surface area contributed by atoms with Crippen molar-refractivity contribution < 1.29 is 0 Å². The van der Waals surface area contributed by atoms with Crippen molar-refractivity contribution in [3.05, 3.63) is 158 Å². The molecule has 3 aromatic heterocycles. The fourth-order valence-corrected chi connectivity index (χ4v) is 8.65. The largest absolute Gasteiger partial charge is 0.279 e. The first-order valence-corrected chi connectivity index (χ1v) is 17.1. The van der Waals surface area contributed by atoms with Crippen molar-refractivity contribution >= 4 is 92.5 Å². The Bertz CT molecular complexity index is 3380. The number of aromatic nitrogens is 4. The van der Waals surface area contributed by atoms with E-state index < -0.39 is 0 Å². The number of para-hydroxylation sites is 3. The lowest BCUT2D eigenvalue weighted by molar-refractivity contribution is 0.980. The third kappa shape index (κ3) is 3.34. The van der Waals surface area contributed by atoms with Crippen molar-refractivity contribution in [1.82, 2.24) is 18.9 Å². The van der Waals surface area contributed by atoms with Crippen LogP contribution in [0.15, 0.2) is 158 Å². The lowest BCUT2D eigenvalue weighted by Crippen LogP contribution is -2.06. The highest BCUT2D eigenvalue weighted by Gasteiger charge is 2.22. The van der Waals surface area contributed by atoms with Gasteiger partial charge in [-0.05, 0) is 103 Å². The monoisotopic (exact) mass is 634 g/mol. The Balaban J connectivity index is 1.25. The van der Waals surface area contributed by atoms with Gasteiger partial charge in [-0.2, -0.15) is 0 Å². The molecule has 0 N–H and O–H groups in total. The standard InChI is InChI=1S/C46H26N4/c1-2-13-32-27(9-1)21-24-41-44(32)36-25-30(35-26-31-12-7-10-28-19-20-29-11-8-15-33(35)43(29)42(28)31)22-23-39(36)49(41)46-48-37-16-4-3-14-34(37)45-47-38-17-5-6-18-40(38)50(45)46/h1-26H. The van der Waals surface area contributed by atoms with E-state index in [2.05, 4.69) is 167 Å². The van der Waals surface area contributed by atoms with E-state index in [1.807, 2.05) is 0 Å². The van der Waals surface area contributed by atoms with Crippen molar-refractivity contribution in [3.63, 3.8) is 0 Å². The van der Waals surface area contributed by atoms with Crippen LogP contribution in [0.1, 0.15) is 0 Å². The third-order valence-corrected chi connectivity index (χ3v) is 10.8. The molecule has 12 aromatic rings. The van der Waals surface area contributed by atoms with Gasteiger partial charge in [0.1, 0.15) is 5.65 Å². The number of hydrogen-bond donors (Lipinski definition) is 0. The summed E-state index contributed by atoms with van der Waals surface area (Å²) in [5, 5.41) is 13.7. The first-order valence-electron chi connectivity index (χ1n) is 17.1. The molecule has 3 heterocycles. The van der Waals surface area contributed by atoms with Crippen LogP contribution in [-0.4, -0.2) is 18.9 Å². The zero-order valence-corrected chi connectivity index (χ0v) is 26.8. The first-order chi connectivity index (χ1) is 24.8. The molecule has 0 saturated carbocycles. The van der Waals surface area contributed by atoms with Gasteiger partial charge in [0.25, 0.3) is 0 Å². The smallest absolute Gasteiger partial charge is 0.221 e. The van der Waals surface area contributed by atoms with Crippen LogP contribution in [0.3, 0.4) is 0 Å². The van der Waals surface area contributed by atoms with Crippen LogP contribution >= 0.6 is 0 Å². The molecule has 0 spiro atoms. The zero-order valence-electron chi connectivity index (χ0n) is 26.8. The van der Waals surface area contributed by atoms with Gasteiger partial charge in [-0.15, -0.1) is 0 Å². The van der Waals surface area contributed by atoms with Crippen LogP contribution in [0.5, 0.6) is 0 Å². The molecule has 0 aliphatic rings. The number of hydrogen-bond acceptors (Lipinski definition) is 2. The van der Waals surface area contributed by atoms with Gasteiger partial charge in [-0.25, -0.2) is 9.97 Å². The van der Waals surface area contributed by atoms with Crippen LogP contribution in [0.25, 0.3) is 110 Å². The summed E-state index contributed by atoms with van der Waals surface area (Å²) in [6, 6.07) is 57.2. The van der Waals surface area contributed by atoms with Gasteiger partial charge >= 0.3 is 0 Å². The second-order valence-electron chi connectivity index (χ2n) is 13.4. The topological polar surface area (TPSA) is 35.1 Å². The molecule has 50 heavy (non-hydrogen) atoms.